The Kier molecular flexibility index (Phi) is 4.99. The molecule has 1 heterocycles. The third kappa shape index (κ3) is 3.71. The minimum Gasteiger partial charge on any atom is -0.457 e. The molecule has 2 rings (SSSR count). The molecule has 0 aliphatic carbocycles. The Morgan fingerprint density at radius 3 is 2.50 bits per heavy atom. The van der Waals surface area contributed by atoms with Gasteiger partial charge in [0, 0.05) is 23.8 Å². The lowest BCUT2D eigenvalue weighted by Crippen LogP contribution is -2.12. The van der Waals surface area contributed by atoms with Crippen LogP contribution in [0.1, 0.15) is 23.7 Å². The number of aryl methyl sites for hydroxylation is 2. The van der Waals surface area contributed by atoms with Crippen LogP contribution in [0.3, 0.4) is 0 Å². The van der Waals surface area contributed by atoms with Crippen LogP contribution < -0.4 is 10.1 Å². The summed E-state index contributed by atoms with van der Waals surface area (Å²) in [6, 6.07) is 7.69. The molecule has 106 valence electrons. The fourth-order valence-corrected chi connectivity index (χ4v) is 2.08. The van der Waals surface area contributed by atoms with Crippen LogP contribution in [0.25, 0.3) is 0 Å². The van der Waals surface area contributed by atoms with Crippen LogP contribution in [0.5, 0.6) is 11.5 Å². The minimum atomic E-state index is 0.742. The van der Waals surface area contributed by atoms with Crippen LogP contribution in [0.2, 0.25) is 5.02 Å². The first-order valence-corrected chi connectivity index (χ1v) is 7.08. The number of ether oxygens (including phenoxy) is 1. The van der Waals surface area contributed by atoms with E-state index < -0.39 is 0 Å². The molecule has 0 radical (unpaired) electrons. The van der Waals surface area contributed by atoms with Crippen LogP contribution in [-0.2, 0) is 6.54 Å². The van der Waals surface area contributed by atoms with E-state index in [0.717, 1.165) is 46.4 Å². The summed E-state index contributed by atoms with van der Waals surface area (Å²) >= 11 is 6.16. The Morgan fingerprint density at radius 1 is 1.15 bits per heavy atom. The van der Waals surface area contributed by atoms with E-state index >= 15 is 0 Å². The maximum absolute atomic E-state index is 6.16. The second-order valence-corrected chi connectivity index (χ2v) is 5.11. The molecule has 4 heteroatoms. The van der Waals surface area contributed by atoms with Gasteiger partial charge in [0.25, 0.3) is 0 Å². The molecule has 0 saturated carbocycles. The van der Waals surface area contributed by atoms with Gasteiger partial charge in [0.05, 0.1) is 5.69 Å². The molecule has 0 fully saturated rings. The normalized spacial score (nSPS) is 10.6. The maximum Gasteiger partial charge on any atom is 0.130 e. The molecular formula is C16H19ClN2O. The third-order valence-corrected chi connectivity index (χ3v) is 3.59. The van der Waals surface area contributed by atoms with Gasteiger partial charge >= 0.3 is 0 Å². The Hall–Kier alpha value is -1.58. The van der Waals surface area contributed by atoms with Gasteiger partial charge in [-0.1, -0.05) is 18.5 Å². The highest BCUT2D eigenvalue weighted by atomic mass is 35.5. The summed E-state index contributed by atoms with van der Waals surface area (Å²) in [6.07, 6.45) is 1.76. The summed E-state index contributed by atoms with van der Waals surface area (Å²) in [4.78, 5) is 4.30. The van der Waals surface area contributed by atoms with Gasteiger partial charge in [-0.2, -0.15) is 0 Å². The Morgan fingerprint density at radius 2 is 1.85 bits per heavy atom. The van der Waals surface area contributed by atoms with Gasteiger partial charge in [0.1, 0.15) is 11.5 Å². The molecule has 3 nitrogen and oxygen atoms in total. The molecule has 0 amide bonds. The van der Waals surface area contributed by atoms with Crippen molar-refractivity contribution in [2.75, 3.05) is 6.54 Å². The largest absolute Gasteiger partial charge is 0.457 e. The van der Waals surface area contributed by atoms with Crippen LogP contribution >= 0.6 is 11.6 Å². The van der Waals surface area contributed by atoms with E-state index in [1.807, 2.05) is 38.1 Å². The van der Waals surface area contributed by atoms with Crippen LogP contribution in [0, 0.1) is 13.8 Å². The number of hydrogen-bond donors (Lipinski definition) is 1. The number of pyridine rings is 1. The van der Waals surface area contributed by atoms with Gasteiger partial charge in [0.15, 0.2) is 0 Å². The third-order valence-electron chi connectivity index (χ3n) is 2.99. The molecule has 20 heavy (non-hydrogen) atoms. The molecule has 2 aromatic rings. The van der Waals surface area contributed by atoms with Crippen molar-refractivity contribution in [1.82, 2.24) is 10.3 Å². The molecular weight excluding hydrogens is 272 g/mol. The lowest BCUT2D eigenvalue weighted by atomic mass is 10.1. The van der Waals surface area contributed by atoms with Crippen molar-refractivity contribution in [2.45, 2.75) is 27.3 Å². The number of rotatable bonds is 5. The zero-order chi connectivity index (χ0) is 14.5. The van der Waals surface area contributed by atoms with Gasteiger partial charge in [-0.3, -0.25) is 4.98 Å². The lowest BCUT2D eigenvalue weighted by Gasteiger charge is -2.10. The van der Waals surface area contributed by atoms with Crippen molar-refractivity contribution in [3.63, 3.8) is 0 Å². The average Bonchev–Trinajstić information content (AvgIpc) is 2.43. The van der Waals surface area contributed by atoms with Gasteiger partial charge in [0.2, 0.25) is 0 Å². The molecule has 0 spiro atoms. The summed E-state index contributed by atoms with van der Waals surface area (Å²) in [7, 11) is 0. The van der Waals surface area contributed by atoms with Crippen LogP contribution in [0.4, 0.5) is 0 Å². The zero-order valence-electron chi connectivity index (χ0n) is 12.0. The van der Waals surface area contributed by atoms with E-state index in [4.69, 9.17) is 16.3 Å². The number of nitrogens with zero attached hydrogens (tertiary/aromatic N) is 1. The summed E-state index contributed by atoms with van der Waals surface area (Å²) in [5.41, 5.74) is 3.00. The predicted octanol–water partition coefficient (Wildman–Crippen LogP) is 4.25. The van der Waals surface area contributed by atoms with E-state index in [-0.39, 0.29) is 0 Å². The first-order chi connectivity index (χ1) is 9.60. The molecule has 0 atom stereocenters. The number of halogens is 1. The molecule has 1 N–H and O–H groups in total. The summed E-state index contributed by atoms with van der Waals surface area (Å²) in [6.45, 7) is 7.69. The van der Waals surface area contributed by atoms with E-state index in [9.17, 15) is 0 Å². The zero-order valence-corrected chi connectivity index (χ0v) is 12.8. The van der Waals surface area contributed by atoms with Crippen molar-refractivity contribution in [3.8, 4) is 11.5 Å². The molecule has 0 bridgehead atoms. The lowest BCUT2D eigenvalue weighted by molar-refractivity contribution is 0.479. The molecule has 1 aromatic carbocycles. The van der Waals surface area contributed by atoms with Crippen LogP contribution in [0.15, 0.2) is 30.5 Å². The van der Waals surface area contributed by atoms with Gasteiger partial charge < -0.3 is 10.1 Å². The second-order valence-electron chi connectivity index (χ2n) is 4.74. The fourth-order valence-electron chi connectivity index (χ4n) is 1.97. The highest BCUT2D eigenvalue weighted by Crippen LogP contribution is 2.29. The highest BCUT2D eigenvalue weighted by molar-refractivity contribution is 6.32. The van der Waals surface area contributed by atoms with Gasteiger partial charge in [-0.15, -0.1) is 0 Å². The Balaban J connectivity index is 2.17. The number of benzene rings is 1. The molecule has 0 aliphatic rings. The van der Waals surface area contributed by atoms with Crippen LogP contribution in [-0.4, -0.2) is 11.5 Å². The Bertz CT molecular complexity index is 576. The van der Waals surface area contributed by atoms with E-state index in [1.54, 1.807) is 6.20 Å². The summed E-state index contributed by atoms with van der Waals surface area (Å²) < 4.78 is 5.89. The summed E-state index contributed by atoms with van der Waals surface area (Å²) in [5, 5.41) is 4.04. The van der Waals surface area contributed by atoms with Gasteiger partial charge in [-0.25, -0.2) is 0 Å². The summed E-state index contributed by atoms with van der Waals surface area (Å²) in [5.74, 6) is 1.58. The monoisotopic (exact) mass is 290 g/mol. The molecule has 0 unspecified atom stereocenters. The maximum atomic E-state index is 6.16. The van der Waals surface area contributed by atoms with Crippen molar-refractivity contribution < 1.29 is 4.74 Å². The quantitative estimate of drug-likeness (QED) is 0.894. The SMILES string of the molecule is CCNCc1cc(Oc2cc(C)c(Cl)c(C)c2)ccn1. The standard InChI is InChI=1S/C16H19ClN2O/c1-4-18-10-13-9-14(5-6-19-13)20-15-7-11(2)16(17)12(3)8-15/h5-9,18H,4,10H2,1-3H3. The van der Waals surface area contributed by atoms with E-state index in [1.165, 1.54) is 0 Å². The average molecular weight is 291 g/mol. The fraction of sp³-hybridized carbons (Fsp3) is 0.312. The van der Waals surface area contributed by atoms with E-state index in [2.05, 4.69) is 17.2 Å². The predicted molar refractivity (Wildman–Crippen MR) is 82.6 cm³/mol. The Labute approximate surface area is 124 Å². The molecule has 0 saturated heterocycles. The minimum absolute atomic E-state index is 0.742. The van der Waals surface area contributed by atoms with Crippen molar-refractivity contribution in [2.24, 2.45) is 0 Å². The van der Waals surface area contributed by atoms with Crippen molar-refractivity contribution in [1.29, 1.82) is 0 Å². The molecule has 0 aliphatic heterocycles. The highest BCUT2D eigenvalue weighted by Gasteiger charge is 2.05. The first-order valence-electron chi connectivity index (χ1n) is 6.70. The molecule has 1 aromatic heterocycles. The number of aromatic nitrogens is 1. The van der Waals surface area contributed by atoms with E-state index in [0.29, 0.717) is 0 Å². The topological polar surface area (TPSA) is 34.1 Å². The smallest absolute Gasteiger partial charge is 0.130 e. The number of hydrogen-bond acceptors (Lipinski definition) is 3. The first kappa shape index (κ1) is 14.8. The van der Waals surface area contributed by atoms with Crippen molar-refractivity contribution >= 4 is 11.6 Å². The second kappa shape index (κ2) is 6.73. The van der Waals surface area contributed by atoms with Crippen molar-refractivity contribution in [3.05, 3.63) is 52.3 Å². The van der Waals surface area contributed by atoms with Gasteiger partial charge in [-0.05, 0) is 49.7 Å². The number of nitrogens with one attached hydrogen (secondary N) is 1.